The van der Waals surface area contributed by atoms with Gasteiger partial charge < -0.3 is 10.1 Å². The van der Waals surface area contributed by atoms with Gasteiger partial charge in [0.05, 0.1) is 35.8 Å². The van der Waals surface area contributed by atoms with Crippen molar-refractivity contribution < 1.29 is 9.53 Å². The second kappa shape index (κ2) is 6.86. The molecule has 1 aromatic carbocycles. The number of rotatable bonds is 4. The standard InChI is InChI=1S/C19H18N4O2/c24-19(22-15-5-4-9-20-12-15)17-8-10-25-18(17)14-11-21-23(13-14)16-6-2-1-3-7-16/h1-7,9,11-13,17-18H,8,10H2,(H,22,24)/t17-,18+/m0/s1. The maximum atomic E-state index is 12.6. The largest absolute Gasteiger partial charge is 0.373 e. The van der Waals surface area contributed by atoms with Gasteiger partial charge >= 0.3 is 0 Å². The summed E-state index contributed by atoms with van der Waals surface area (Å²) in [7, 11) is 0. The van der Waals surface area contributed by atoms with Crippen LogP contribution in [0.4, 0.5) is 5.69 Å². The van der Waals surface area contributed by atoms with E-state index in [1.165, 1.54) is 0 Å². The van der Waals surface area contributed by atoms with Crippen LogP contribution in [-0.4, -0.2) is 27.3 Å². The number of amides is 1. The second-order valence-electron chi connectivity index (χ2n) is 5.97. The number of para-hydroxylation sites is 1. The minimum Gasteiger partial charge on any atom is -0.373 e. The number of pyridine rings is 1. The van der Waals surface area contributed by atoms with E-state index in [9.17, 15) is 4.79 Å². The Balaban J connectivity index is 1.52. The number of ether oxygens (including phenoxy) is 1. The lowest BCUT2D eigenvalue weighted by molar-refractivity contribution is -0.121. The van der Waals surface area contributed by atoms with Gasteiger partial charge in [-0.2, -0.15) is 5.10 Å². The topological polar surface area (TPSA) is 69.0 Å². The third-order valence-electron chi connectivity index (χ3n) is 4.31. The number of anilines is 1. The number of carbonyl (C=O) groups excluding carboxylic acids is 1. The fourth-order valence-electron chi connectivity index (χ4n) is 3.06. The van der Waals surface area contributed by atoms with Gasteiger partial charge in [-0.05, 0) is 30.7 Å². The van der Waals surface area contributed by atoms with Crippen molar-refractivity contribution in [3.8, 4) is 5.69 Å². The summed E-state index contributed by atoms with van der Waals surface area (Å²) >= 11 is 0. The molecule has 2 aromatic heterocycles. The Morgan fingerprint density at radius 3 is 2.84 bits per heavy atom. The summed E-state index contributed by atoms with van der Waals surface area (Å²) in [6.45, 7) is 0.562. The molecule has 0 radical (unpaired) electrons. The first-order valence-corrected chi connectivity index (χ1v) is 8.24. The monoisotopic (exact) mass is 334 g/mol. The van der Waals surface area contributed by atoms with E-state index in [1.54, 1.807) is 29.3 Å². The lowest BCUT2D eigenvalue weighted by Gasteiger charge is -2.16. The summed E-state index contributed by atoms with van der Waals surface area (Å²) in [4.78, 5) is 16.6. The van der Waals surface area contributed by atoms with E-state index >= 15 is 0 Å². The van der Waals surface area contributed by atoms with E-state index in [0.717, 1.165) is 11.3 Å². The van der Waals surface area contributed by atoms with E-state index in [2.05, 4.69) is 15.4 Å². The molecule has 3 aromatic rings. The summed E-state index contributed by atoms with van der Waals surface area (Å²) in [6, 6.07) is 13.5. The van der Waals surface area contributed by atoms with Gasteiger partial charge in [-0.25, -0.2) is 4.68 Å². The maximum Gasteiger partial charge on any atom is 0.230 e. The molecule has 1 aliphatic rings. The number of hydrogen-bond acceptors (Lipinski definition) is 4. The fraction of sp³-hybridized carbons (Fsp3) is 0.211. The van der Waals surface area contributed by atoms with Crippen molar-refractivity contribution in [1.82, 2.24) is 14.8 Å². The van der Waals surface area contributed by atoms with E-state index in [4.69, 9.17) is 4.74 Å². The van der Waals surface area contributed by atoms with Gasteiger partial charge in [0.25, 0.3) is 0 Å². The third kappa shape index (κ3) is 3.29. The quantitative estimate of drug-likeness (QED) is 0.796. The zero-order valence-electron chi connectivity index (χ0n) is 13.6. The van der Waals surface area contributed by atoms with Crippen molar-refractivity contribution in [3.63, 3.8) is 0 Å². The van der Waals surface area contributed by atoms with Gasteiger partial charge in [0.15, 0.2) is 0 Å². The van der Waals surface area contributed by atoms with Crippen LogP contribution < -0.4 is 5.32 Å². The molecular formula is C19H18N4O2. The van der Waals surface area contributed by atoms with Crippen LogP contribution in [0, 0.1) is 5.92 Å². The molecule has 0 bridgehead atoms. The van der Waals surface area contributed by atoms with Gasteiger partial charge in [0.1, 0.15) is 0 Å². The SMILES string of the molecule is O=C(Nc1cccnc1)[C@H]1CCO[C@@H]1c1cnn(-c2ccccc2)c1. The van der Waals surface area contributed by atoms with Crippen molar-refractivity contribution in [3.05, 3.63) is 72.8 Å². The molecule has 1 amide bonds. The van der Waals surface area contributed by atoms with Crippen LogP contribution in [0.3, 0.4) is 0 Å². The molecule has 6 heteroatoms. The zero-order chi connectivity index (χ0) is 17.1. The molecule has 0 spiro atoms. The molecule has 4 rings (SSSR count). The minimum absolute atomic E-state index is 0.0528. The molecule has 25 heavy (non-hydrogen) atoms. The van der Waals surface area contributed by atoms with Crippen LogP contribution in [0.5, 0.6) is 0 Å². The van der Waals surface area contributed by atoms with Gasteiger partial charge in [-0.15, -0.1) is 0 Å². The molecule has 126 valence electrons. The zero-order valence-corrected chi connectivity index (χ0v) is 13.6. The number of nitrogens with one attached hydrogen (secondary N) is 1. The van der Waals surface area contributed by atoms with Crippen molar-refractivity contribution in [2.45, 2.75) is 12.5 Å². The first-order valence-electron chi connectivity index (χ1n) is 8.24. The van der Waals surface area contributed by atoms with Crippen LogP contribution in [0.25, 0.3) is 5.69 Å². The Hall–Kier alpha value is -2.99. The predicted octanol–water partition coefficient (Wildman–Crippen LogP) is 2.98. The number of carbonyl (C=O) groups is 1. The molecule has 1 fully saturated rings. The molecule has 0 aliphatic carbocycles. The summed E-state index contributed by atoms with van der Waals surface area (Å²) < 4.78 is 7.63. The predicted molar refractivity (Wildman–Crippen MR) is 93.2 cm³/mol. The highest BCUT2D eigenvalue weighted by Crippen LogP contribution is 2.35. The number of benzene rings is 1. The van der Waals surface area contributed by atoms with E-state index in [0.29, 0.717) is 18.7 Å². The number of hydrogen-bond donors (Lipinski definition) is 1. The average molecular weight is 334 g/mol. The third-order valence-corrected chi connectivity index (χ3v) is 4.31. The molecule has 0 saturated carbocycles. The van der Waals surface area contributed by atoms with Gasteiger partial charge in [0, 0.05) is 24.6 Å². The number of aromatic nitrogens is 3. The molecule has 0 unspecified atom stereocenters. The van der Waals surface area contributed by atoms with Crippen LogP contribution >= 0.6 is 0 Å². The molecule has 6 nitrogen and oxygen atoms in total. The highest BCUT2D eigenvalue weighted by atomic mass is 16.5. The van der Waals surface area contributed by atoms with Gasteiger partial charge in [-0.3, -0.25) is 9.78 Å². The van der Waals surface area contributed by atoms with E-state index < -0.39 is 0 Å². The Kier molecular flexibility index (Phi) is 4.26. The molecule has 3 heterocycles. The van der Waals surface area contributed by atoms with Gasteiger partial charge in [-0.1, -0.05) is 18.2 Å². The van der Waals surface area contributed by atoms with Gasteiger partial charge in [0.2, 0.25) is 5.91 Å². The van der Waals surface area contributed by atoms with E-state index in [1.807, 2.05) is 42.6 Å². The Bertz CT molecular complexity index is 848. The maximum absolute atomic E-state index is 12.6. The highest BCUT2D eigenvalue weighted by Gasteiger charge is 2.36. The van der Waals surface area contributed by atoms with Crippen molar-refractivity contribution in [2.75, 3.05) is 11.9 Å². The lowest BCUT2D eigenvalue weighted by Crippen LogP contribution is -2.25. The van der Waals surface area contributed by atoms with Crippen LogP contribution in [0.2, 0.25) is 0 Å². The normalized spacial score (nSPS) is 19.7. The number of nitrogens with zero attached hydrogens (tertiary/aromatic N) is 3. The average Bonchev–Trinajstić information content (AvgIpc) is 3.32. The summed E-state index contributed by atoms with van der Waals surface area (Å²) in [5, 5.41) is 7.32. The highest BCUT2D eigenvalue weighted by molar-refractivity contribution is 5.93. The smallest absolute Gasteiger partial charge is 0.230 e. The summed E-state index contributed by atoms with van der Waals surface area (Å²) in [6.07, 6.45) is 7.41. The van der Waals surface area contributed by atoms with Crippen molar-refractivity contribution in [2.24, 2.45) is 5.92 Å². The van der Waals surface area contributed by atoms with Crippen LogP contribution in [0.1, 0.15) is 18.1 Å². The molecule has 1 aliphatic heterocycles. The Morgan fingerprint density at radius 1 is 1.16 bits per heavy atom. The fourth-order valence-corrected chi connectivity index (χ4v) is 3.06. The summed E-state index contributed by atoms with van der Waals surface area (Å²) in [5.41, 5.74) is 2.58. The molecule has 2 atom stereocenters. The summed E-state index contributed by atoms with van der Waals surface area (Å²) in [5.74, 6) is -0.295. The minimum atomic E-state index is -0.283. The first-order chi connectivity index (χ1) is 12.3. The second-order valence-corrected chi connectivity index (χ2v) is 5.97. The van der Waals surface area contributed by atoms with E-state index in [-0.39, 0.29) is 17.9 Å². The molecular weight excluding hydrogens is 316 g/mol. The Labute approximate surface area is 145 Å². The van der Waals surface area contributed by atoms with Crippen LogP contribution in [0.15, 0.2) is 67.3 Å². The van der Waals surface area contributed by atoms with Crippen molar-refractivity contribution >= 4 is 11.6 Å². The lowest BCUT2D eigenvalue weighted by atomic mass is 9.96. The van der Waals surface area contributed by atoms with Crippen molar-refractivity contribution in [1.29, 1.82) is 0 Å². The molecule has 1 N–H and O–H groups in total. The van der Waals surface area contributed by atoms with Crippen LogP contribution in [-0.2, 0) is 9.53 Å². The molecule has 1 saturated heterocycles. The Morgan fingerprint density at radius 2 is 2.04 bits per heavy atom. The first kappa shape index (κ1) is 15.5.